The average Bonchev–Trinajstić information content (AvgIpc) is 2.40. The van der Waals surface area contributed by atoms with Crippen LogP contribution in [0.2, 0.25) is 0 Å². The summed E-state index contributed by atoms with van der Waals surface area (Å²) < 4.78 is 6.09. The van der Waals surface area contributed by atoms with Crippen molar-refractivity contribution < 1.29 is 4.74 Å². The summed E-state index contributed by atoms with van der Waals surface area (Å²) in [5.74, 6) is 0.961. The monoisotopic (exact) mass is 264 g/mol. The first-order chi connectivity index (χ1) is 8.43. The molecule has 1 aromatic heterocycles. The van der Waals surface area contributed by atoms with Crippen molar-refractivity contribution in [2.24, 2.45) is 0 Å². The van der Waals surface area contributed by atoms with Crippen molar-refractivity contribution in [2.75, 3.05) is 13.1 Å². The molecule has 1 aliphatic rings. The molecule has 0 unspecified atom stereocenters. The number of halogens is 1. The van der Waals surface area contributed by atoms with Gasteiger partial charge in [0, 0.05) is 11.6 Å². The molecule has 3 nitrogen and oxygen atoms in total. The van der Waals surface area contributed by atoms with Gasteiger partial charge in [0.2, 0.25) is 0 Å². The van der Waals surface area contributed by atoms with Gasteiger partial charge in [-0.1, -0.05) is 6.07 Å². The average molecular weight is 265 g/mol. The number of aromatic nitrogens is 1. The van der Waals surface area contributed by atoms with Crippen LogP contribution >= 0.6 is 12.4 Å². The summed E-state index contributed by atoms with van der Waals surface area (Å²) in [6, 6.07) is 10.1. The molecule has 18 heavy (non-hydrogen) atoms. The molecular formula is C14H17ClN2O. The maximum absolute atomic E-state index is 6.09. The van der Waals surface area contributed by atoms with E-state index in [-0.39, 0.29) is 12.4 Å². The van der Waals surface area contributed by atoms with Crippen LogP contribution in [0.4, 0.5) is 0 Å². The van der Waals surface area contributed by atoms with E-state index in [0.717, 1.165) is 42.6 Å². The molecule has 0 bridgehead atoms. The third kappa shape index (κ3) is 2.74. The van der Waals surface area contributed by atoms with Crippen LogP contribution < -0.4 is 10.1 Å². The smallest absolute Gasteiger partial charge is 0.129 e. The van der Waals surface area contributed by atoms with Crippen molar-refractivity contribution in [3.8, 4) is 5.75 Å². The number of fused-ring (bicyclic) bond motifs is 1. The van der Waals surface area contributed by atoms with Crippen LogP contribution in [0.15, 0.2) is 36.5 Å². The standard InChI is InChI=1S/C14H16N2O.ClH/c1-4-13-12(3-2-8-16-13)14(5-1)17-11-6-9-15-10-7-11;/h1-5,8,11,15H,6-7,9-10H2;1H. The molecule has 0 radical (unpaired) electrons. The highest BCUT2D eigenvalue weighted by atomic mass is 35.5. The molecule has 0 amide bonds. The normalized spacial score (nSPS) is 16.2. The summed E-state index contributed by atoms with van der Waals surface area (Å²) in [7, 11) is 0. The fourth-order valence-corrected chi connectivity index (χ4v) is 2.27. The van der Waals surface area contributed by atoms with E-state index in [2.05, 4.69) is 16.4 Å². The second-order valence-electron chi connectivity index (χ2n) is 4.39. The van der Waals surface area contributed by atoms with Crippen LogP contribution in [0.1, 0.15) is 12.8 Å². The summed E-state index contributed by atoms with van der Waals surface area (Å²) in [6.45, 7) is 2.10. The lowest BCUT2D eigenvalue weighted by Gasteiger charge is -2.24. The van der Waals surface area contributed by atoms with E-state index in [1.807, 2.05) is 30.5 Å². The number of rotatable bonds is 2. The molecule has 1 N–H and O–H groups in total. The molecule has 1 fully saturated rings. The minimum absolute atomic E-state index is 0. The van der Waals surface area contributed by atoms with E-state index < -0.39 is 0 Å². The Labute approximate surface area is 113 Å². The number of pyridine rings is 1. The van der Waals surface area contributed by atoms with Crippen molar-refractivity contribution in [1.29, 1.82) is 0 Å². The summed E-state index contributed by atoms with van der Waals surface area (Å²) >= 11 is 0. The Bertz CT molecular complexity index is 507. The third-order valence-electron chi connectivity index (χ3n) is 3.19. The van der Waals surface area contributed by atoms with E-state index in [1.54, 1.807) is 0 Å². The number of piperidine rings is 1. The molecule has 1 aromatic carbocycles. The Morgan fingerprint density at radius 2 is 1.94 bits per heavy atom. The number of hydrogen-bond acceptors (Lipinski definition) is 3. The highest BCUT2D eigenvalue weighted by molar-refractivity contribution is 5.85. The highest BCUT2D eigenvalue weighted by Crippen LogP contribution is 2.26. The molecule has 96 valence electrons. The van der Waals surface area contributed by atoms with Gasteiger partial charge in [-0.25, -0.2) is 0 Å². The largest absolute Gasteiger partial charge is 0.490 e. The van der Waals surface area contributed by atoms with Crippen molar-refractivity contribution in [1.82, 2.24) is 10.3 Å². The highest BCUT2D eigenvalue weighted by Gasteiger charge is 2.15. The van der Waals surface area contributed by atoms with Gasteiger partial charge in [-0.15, -0.1) is 12.4 Å². The van der Waals surface area contributed by atoms with E-state index in [0.29, 0.717) is 6.10 Å². The molecule has 1 saturated heterocycles. The molecule has 0 aliphatic carbocycles. The summed E-state index contributed by atoms with van der Waals surface area (Å²) in [5.41, 5.74) is 0.999. The van der Waals surface area contributed by atoms with E-state index in [1.165, 1.54) is 0 Å². The van der Waals surface area contributed by atoms with Gasteiger partial charge in [0.15, 0.2) is 0 Å². The van der Waals surface area contributed by atoms with E-state index in [9.17, 15) is 0 Å². The van der Waals surface area contributed by atoms with Gasteiger partial charge >= 0.3 is 0 Å². The van der Waals surface area contributed by atoms with Crippen LogP contribution in [0.3, 0.4) is 0 Å². The number of ether oxygens (including phenoxy) is 1. The zero-order valence-electron chi connectivity index (χ0n) is 10.1. The van der Waals surface area contributed by atoms with Crippen LogP contribution in [0, 0.1) is 0 Å². The predicted molar refractivity (Wildman–Crippen MR) is 75.5 cm³/mol. The van der Waals surface area contributed by atoms with Gasteiger partial charge in [-0.3, -0.25) is 4.98 Å². The number of nitrogens with zero attached hydrogens (tertiary/aromatic N) is 1. The summed E-state index contributed by atoms with van der Waals surface area (Å²) in [6.07, 6.45) is 4.31. The fraction of sp³-hybridized carbons (Fsp3) is 0.357. The van der Waals surface area contributed by atoms with Gasteiger partial charge in [-0.05, 0) is 50.2 Å². The van der Waals surface area contributed by atoms with Gasteiger partial charge in [0.25, 0.3) is 0 Å². The summed E-state index contributed by atoms with van der Waals surface area (Å²) in [5, 5.41) is 4.45. The lowest BCUT2D eigenvalue weighted by Crippen LogP contribution is -2.34. The van der Waals surface area contributed by atoms with Crippen LogP contribution in [-0.2, 0) is 0 Å². The molecule has 2 heterocycles. The zero-order chi connectivity index (χ0) is 11.5. The summed E-state index contributed by atoms with van der Waals surface area (Å²) in [4.78, 5) is 4.34. The third-order valence-corrected chi connectivity index (χ3v) is 3.19. The Hall–Kier alpha value is -1.32. The second-order valence-corrected chi connectivity index (χ2v) is 4.39. The number of benzene rings is 1. The SMILES string of the molecule is Cl.c1cc(OC2CCNCC2)c2cccnc2c1. The van der Waals surface area contributed by atoms with Gasteiger partial charge < -0.3 is 10.1 Å². The van der Waals surface area contributed by atoms with Gasteiger partial charge in [0.1, 0.15) is 11.9 Å². The number of nitrogens with one attached hydrogen (secondary N) is 1. The van der Waals surface area contributed by atoms with E-state index >= 15 is 0 Å². The second kappa shape index (κ2) is 6.03. The maximum atomic E-state index is 6.09. The molecular weight excluding hydrogens is 248 g/mol. The van der Waals surface area contributed by atoms with Gasteiger partial charge in [-0.2, -0.15) is 0 Å². The molecule has 1 aliphatic heterocycles. The molecule has 3 rings (SSSR count). The first kappa shape index (κ1) is 13.1. The minimum atomic E-state index is 0. The Morgan fingerprint density at radius 1 is 1.11 bits per heavy atom. The first-order valence-corrected chi connectivity index (χ1v) is 6.14. The van der Waals surface area contributed by atoms with Crippen LogP contribution in [-0.4, -0.2) is 24.2 Å². The van der Waals surface area contributed by atoms with Crippen LogP contribution in [0.25, 0.3) is 10.9 Å². The fourth-order valence-electron chi connectivity index (χ4n) is 2.27. The number of hydrogen-bond donors (Lipinski definition) is 1. The van der Waals surface area contributed by atoms with Crippen molar-refractivity contribution in [2.45, 2.75) is 18.9 Å². The predicted octanol–water partition coefficient (Wildman–Crippen LogP) is 2.79. The van der Waals surface area contributed by atoms with Crippen molar-refractivity contribution >= 4 is 23.3 Å². The Morgan fingerprint density at radius 3 is 2.78 bits per heavy atom. The Kier molecular flexibility index (Phi) is 4.39. The first-order valence-electron chi connectivity index (χ1n) is 6.14. The van der Waals surface area contributed by atoms with Crippen molar-refractivity contribution in [3.05, 3.63) is 36.5 Å². The molecule has 0 atom stereocenters. The van der Waals surface area contributed by atoms with Gasteiger partial charge in [0.05, 0.1) is 5.52 Å². The lowest BCUT2D eigenvalue weighted by molar-refractivity contribution is 0.164. The maximum Gasteiger partial charge on any atom is 0.129 e. The molecule has 0 saturated carbocycles. The minimum Gasteiger partial charge on any atom is -0.490 e. The Balaban J connectivity index is 0.00000120. The molecule has 4 heteroatoms. The van der Waals surface area contributed by atoms with Crippen LogP contribution in [0.5, 0.6) is 5.75 Å². The molecule has 0 spiro atoms. The van der Waals surface area contributed by atoms with E-state index in [4.69, 9.17) is 4.74 Å². The molecule has 2 aromatic rings. The quantitative estimate of drug-likeness (QED) is 0.906. The van der Waals surface area contributed by atoms with Crippen molar-refractivity contribution in [3.63, 3.8) is 0 Å². The zero-order valence-corrected chi connectivity index (χ0v) is 11.0. The lowest BCUT2D eigenvalue weighted by atomic mass is 10.1. The topological polar surface area (TPSA) is 34.1 Å².